The number of benzene rings is 1. The van der Waals surface area contributed by atoms with Crippen LogP contribution in [0.3, 0.4) is 0 Å². The lowest BCUT2D eigenvalue weighted by atomic mass is 10.2. The van der Waals surface area contributed by atoms with Crippen molar-refractivity contribution in [3.05, 3.63) is 36.5 Å². The molecule has 82 valence electrons. The highest BCUT2D eigenvalue weighted by molar-refractivity contribution is 5.66. The zero-order chi connectivity index (χ0) is 11.5. The third kappa shape index (κ3) is 1.95. The summed E-state index contributed by atoms with van der Waals surface area (Å²) >= 11 is 0. The fraction of sp³-hybridized carbons (Fsp3) is 0.167. The van der Waals surface area contributed by atoms with Crippen molar-refractivity contribution in [1.29, 1.82) is 0 Å². The molecule has 0 aliphatic rings. The molecule has 0 spiro atoms. The van der Waals surface area contributed by atoms with Gasteiger partial charge in [-0.1, -0.05) is 30.3 Å². The molecule has 2 N–H and O–H groups in total. The molecule has 4 heteroatoms. The van der Waals surface area contributed by atoms with Crippen LogP contribution in [0.25, 0.3) is 11.4 Å². The van der Waals surface area contributed by atoms with E-state index >= 15 is 0 Å². The zero-order valence-electron chi connectivity index (χ0n) is 9.38. The molecule has 2 rings (SSSR count). The lowest BCUT2D eigenvalue weighted by Crippen LogP contribution is -2.13. The predicted octanol–water partition coefficient (Wildman–Crippen LogP) is 1.79. The van der Waals surface area contributed by atoms with Gasteiger partial charge in [0.05, 0.1) is 11.9 Å². The van der Waals surface area contributed by atoms with E-state index in [1.165, 1.54) is 0 Å². The number of nitrogens with zero attached hydrogens (tertiary/aromatic N) is 3. The van der Waals surface area contributed by atoms with Gasteiger partial charge in [-0.05, 0) is 0 Å². The number of aromatic nitrogens is 2. The summed E-state index contributed by atoms with van der Waals surface area (Å²) in [6.07, 6.45) is 1.74. The number of nitrogens with two attached hydrogens (primary N) is 1. The molecule has 0 fully saturated rings. The standard InChI is InChI=1S/C12H14N4/c1-16(2)10-8-14-12(15-11(10)13)9-6-4-3-5-7-9/h3-8H,1-2H3,(H2,13,14,15). The fourth-order valence-corrected chi connectivity index (χ4v) is 1.46. The number of hydrogen-bond donors (Lipinski definition) is 1. The monoisotopic (exact) mass is 214 g/mol. The summed E-state index contributed by atoms with van der Waals surface area (Å²) < 4.78 is 0. The molecule has 0 saturated carbocycles. The molecule has 0 aliphatic carbocycles. The van der Waals surface area contributed by atoms with Crippen LogP contribution in [0.1, 0.15) is 0 Å². The Hall–Kier alpha value is -2.10. The predicted molar refractivity (Wildman–Crippen MR) is 66.2 cm³/mol. The molecule has 0 saturated heterocycles. The molecule has 0 bridgehead atoms. The molecule has 1 aromatic heterocycles. The van der Waals surface area contributed by atoms with Gasteiger partial charge in [-0.15, -0.1) is 0 Å². The Balaban J connectivity index is 2.43. The summed E-state index contributed by atoms with van der Waals surface area (Å²) in [4.78, 5) is 10.5. The molecule has 0 unspecified atom stereocenters. The van der Waals surface area contributed by atoms with Gasteiger partial charge < -0.3 is 10.6 Å². The number of hydrogen-bond acceptors (Lipinski definition) is 4. The average Bonchev–Trinajstić information content (AvgIpc) is 2.29. The molecule has 0 radical (unpaired) electrons. The zero-order valence-corrected chi connectivity index (χ0v) is 9.38. The second kappa shape index (κ2) is 4.18. The topological polar surface area (TPSA) is 55.0 Å². The van der Waals surface area contributed by atoms with Crippen molar-refractivity contribution in [2.24, 2.45) is 0 Å². The summed E-state index contributed by atoms with van der Waals surface area (Å²) in [6, 6.07) is 9.79. The van der Waals surface area contributed by atoms with Crippen LogP contribution in [0.4, 0.5) is 11.5 Å². The third-order valence-corrected chi connectivity index (χ3v) is 2.31. The van der Waals surface area contributed by atoms with Gasteiger partial charge in [0.2, 0.25) is 0 Å². The molecule has 0 aliphatic heterocycles. The van der Waals surface area contributed by atoms with Gasteiger partial charge in [0.1, 0.15) is 0 Å². The summed E-state index contributed by atoms with van der Waals surface area (Å²) in [5, 5.41) is 0. The van der Waals surface area contributed by atoms with Crippen molar-refractivity contribution in [3.8, 4) is 11.4 Å². The van der Waals surface area contributed by atoms with Crippen LogP contribution in [0.5, 0.6) is 0 Å². The van der Waals surface area contributed by atoms with Crippen LogP contribution in [0.2, 0.25) is 0 Å². The van der Waals surface area contributed by atoms with E-state index in [0.29, 0.717) is 11.6 Å². The Morgan fingerprint density at radius 3 is 2.38 bits per heavy atom. The van der Waals surface area contributed by atoms with Gasteiger partial charge in [0, 0.05) is 19.7 Å². The Morgan fingerprint density at radius 1 is 1.12 bits per heavy atom. The van der Waals surface area contributed by atoms with Gasteiger partial charge in [-0.25, -0.2) is 9.97 Å². The first-order valence-electron chi connectivity index (χ1n) is 5.04. The number of nitrogen functional groups attached to an aromatic ring is 1. The highest BCUT2D eigenvalue weighted by atomic mass is 15.1. The van der Waals surface area contributed by atoms with Crippen molar-refractivity contribution >= 4 is 11.5 Å². The Bertz CT molecular complexity index is 480. The molecule has 1 heterocycles. The van der Waals surface area contributed by atoms with E-state index < -0.39 is 0 Å². The van der Waals surface area contributed by atoms with Gasteiger partial charge in [0.15, 0.2) is 11.6 Å². The molecule has 0 atom stereocenters. The van der Waals surface area contributed by atoms with Crippen molar-refractivity contribution in [1.82, 2.24) is 9.97 Å². The lowest BCUT2D eigenvalue weighted by molar-refractivity contribution is 1.08. The molecular weight excluding hydrogens is 200 g/mol. The van der Waals surface area contributed by atoms with Crippen LogP contribution in [0.15, 0.2) is 36.5 Å². The van der Waals surface area contributed by atoms with Crippen LogP contribution in [-0.2, 0) is 0 Å². The summed E-state index contributed by atoms with van der Waals surface area (Å²) in [5.41, 5.74) is 7.67. The minimum absolute atomic E-state index is 0.499. The maximum atomic E-state index is 5.87. The second-order valence-corrected chi connectivity index (χ2v) is 3.72. The normalized spacial score (nSPS) is 10.1. The summed E-state index contributed by atoms with van der Waals surface area (Å²) in [6.45, 7) is 0. The molecular formula is C12H14N4. The third-order valence-electron chi connectivity index (χ3n) is 2.31. The van der Waals surface area contributed by atoms with E-state index in [1.54, 1.807) is 6.20 Å². The Morgan fingerprint density at radius 2 is 1.81 bits per heavy atom. The first kappa shape index (κ1) is 10.4. The maximum absolute atomic E-state index is 5.87. The average molecular weight is 214 g/mol. The molecule has 1 aromatic carbocycles. The van der Waals surface area contributed by atoms with E-state index in [4.69, 9.17) is 5.73 Å². The number of rotatable bonds is 2. The van der Waals surface area contributed by atoms with Crippen molar-refractivity contribution in [3.63, 3.8) is 0 Å². The van der Waals surface area contributed by atoms with E-state index in [-0.39, 0.29) is 0 Å². The smallest absolute Gasteiger partial charge is 0.161 e. The van der Waals surface area contributed by atoms with E-state index in [2.05, 4.69) is 9.97 Å². The summed E-state index contributed by atoms with van der Waals surface area (Å²) in [5.74, 6) is 1.16. The van der Waals surface area contributed by atoms with Gasteiger partial charge in [0.25, 0.3) is 0 Å². The fourth-order valence-electron chi connectivity index (χ4n) is 1.46. The first-order valence-corrected chi connectivity index (χ1v) is 5.04. The van der Waals surface area contributed by atoms with E-state index in [1.807, 2.05) is 49.3 Å². The van der Waals surface area contributed by atoms with Crippen molar-refractivity contribution in [2.75, 3.05) is 24.7 Å². The Kier molecular flexibility index (Phi) is 2.72. The minimum atomic E-state index is 0.499. The maximum Gasteiger partial charge on any atom is 0.161 e. The minimum Gasteiger partial charge on any atom is -0.382 e. The highest BCUT2D eigenvalue weighted by Gasteiger charge is 2.06. The van der Waals surface area contributed by atoms with E-state index in [9.17, 15) is 0 Å². The van der Waals surface area contributed by atoms with Gasteiger partial charge in [-0.2, -0.15) is 0 Å². The quantitative estimate of drug-likeness (QED) is 0.828. The highest BCUT2D eigenvalue weighted by Crippen LogP contribution is 2.21. The largest absolute Gasteiger partial charge is 0.382 e. The van der Waals surface area contributed by atoms with Crippen LogP contribution < -0.4 is 10.6 Å². The lowest BCUT2D eigenvalue weighted by Gasteiger charge is -2.14. The van der Waals surface area contributed by atoms with Crippen LogP contribution >= 0.6 is 0 Å². The molecule has 4 nitrogen and oxygen atoms in total. The van der Waals surface area contributed by atoms with Crippen molar-refractivity contribution in [2.45, 2.75) is 0 Å². The van der Waals surface area contributed by atoms with Crippen molar-refractivity contribution < 1.29 is 0 Å². The first-order chi connectivity index (χ1) is 7.68. The Labute approximate surface area is 94.8 Å². The van der Waals surface area contributed by atoms with Gasteiger partial charge >= 0.3 is 0 Å². The molecule has 16 heavy (non-hydrogen) atoms. The molecule has 2 aromatic rings. The van der Waals surface area contributed by atoms with Crippen LogP contribution in [-0.4, -0.2) is 24.1 Å². The van der Waals surface area contributed by atoms with E-state index in [0.717, 1.165) is 11.3 Å². The number of anilines is 2. The second-order valence-electron chi connectivity index (χ2n) is 3.72. The van der Waals surface area contributed by atoms with Crippen LogP contribution in [0, 0.1) is 0 Å². The van der Waals surface area contributed by atoms with Gasteiger partial charge in [-0.3, -0.25) is 0 Å². The SMILES string of the molecule is CN(C)c1cnc(-c2ccccc2)nc1N. The molecule has 0 amide bonds. The summed E-state index contributed by atoms with van der Waals surface area (Å²) in [7, 11) is 3.83.